The largest absolute Gasteiger partial charge is 0.489 e. The van der Waals surface area contributed by atoms with Gasteiger partial charge in [-0.15, -0.1) is 21.3 Å². The fourth-order valence-corrected chi connectivity index (χ4v) is 4.87. The Kier molecular flexibility index (Phi) is 8.86. The highest BCUT2D eigenvalue weighted by Gasteiger charge is 2.13. The molecular weight excluding hydrogens is 502 g/mol. The Balaban J connectivity index is 1.80. The summed E-state index contributed by atoms with van der Waals surface area (Å²) in [6.07, 6.45) is 8.07. The molecule has 4 aromatic rings. The highest BCUT2D eigenvalue weighted by Crippen LogP contribution is 2.31. The topological polar surface area (TPSA) is 97.5 Å². The monoisotopic (exact) mass is 531 g/mol. The van der Waals surface area contributed by atoms with Gasteiger partial charge in [0.1, 0.15) is 29.4 Å². The molecule has 0 bridgehead atoms. The van der Waals surface area contributed by atoms with Crippen molar-refractivity contribution >= 4 is 51.6 Å². The van der Waals surface area contributed by atoms with E-state index in [1.807, 2.05) is 75.4 Å². The minimum absolute atomic E-state index is 0.228. The highest BCUT2D eigenvalue weighted by molar-refractivity contribution is 5.88. The Labute approximate surface area is 232 Å². The summed E-state index contributed by atoms with van der Waals surface area (Å²) in [5.74, 6) is 0.634. The number of ether oxygens (including phenoxy) is 1. The molecular formula is C33H29N3O4. The zero-order chi connectivity index (χ0) is 28.6. The van der Waals surface area contributed by atoms with Crippen LogP contribution >= 0.6 is 0 Å². The first-order valence-corrected chi connectivity index (χ1v) is 12.8. The minimum Gasteiger partial charge on any atom is -0.489 e. The lowest BCUT2D eigenvalue weighted by Gasteiger charge is -2.13. The first-order chi connectivity index (χ1) is 19.4. The van der Waals surface area contributed by atoms with Crippen molar-refractivity contribution in [2.75, 3.05) is 6.61 Å². The summed E-state index contributed by atoms with van der Waals surface area (Å²) in [5, 5.41) is 13.1. The van der Waals surface area contributed by atoms with Crippen molar-refractivity contribution in [2.24, 2.45) is 15.5 Å². The Morgan fingerprint density at radius 3 is 2.35 bits per heavy atom. The fraction of sp³-hybridized carbons (Fsp3) is 0.152. The van der Waals surface area contributed by atoms with E-state index in [1.54, 1.807) is 30.3 Å². The average Bonchev–Trinajstić information content (AvgIpc) is 2.98. The number of allylic oxidation sites excluding steroid dienone is 2. The molecule has 0 unspecified atom stereocenters. The Morgan fingerprint density at radius 2 is 1.65 bits per heavy atom. The van der Waals surface area contributed by atoms with Gasteiger partial charge in [0.05, 0.1) is 0 Å². The lowest BCUT2D eigenvalue weighted by atomic mass is 9.93. The van der Waals surface area contributed by atoms with Crippen molar-refractivity contribution < 1.29 is 4.74 Å². The molecule has 0 atom stereocenters. The van der Waals surface area contributed by atoms with Gasteiger partial charge in [0, 0.05) is 5.56 Å². The maximum Gasteiger partial charge on any atom is 0.120 e. The second-order valence-corrected chi connectivity index (χ2v) is 9.35. The Bertz CT molecular complexity index is 1790. The molecule has 4 rings (SSSR count). The lowest BCUT2D eigenvalue weighted by Crippen LogP contribution is -2.28. The van der Waals surface area contributed by atoms with Crippen LogP contribution in [0.5, 0.6) is 5.75 Å². The minimum atomic E-state index is 0.228. The third-order valence-corrected chi connectivity index (χ3v) is 6.86. The van der Waals surface area contributed by atoms with Crippen LogP contribution in [-0.2, 0) is 6.42 Å². The third kappa shape index (κ3) is 5.83. The van der Waals surface area contributed by atoms with E-state index in [4.69, 9.17) is 4.74 Å². The average molecular weight is 532 g/mol. The third-order valence-electron chi connectivity index (χ3n) is 6.86. The predicted octanol–water partition coefficient (Wildman–Crippen LogP) is 8.29. The van der Waals surface area contributed by atoms with Crippen molar-refractivity contribution in [3.8, 4) is 5.75 Å². The molecule has 0 aliphatic carbocycles. The van der Waals surface area contributed by atoms with Gasteiger partial charge in [-0.25, -0.2) is 0 Å². The van der Waals surface area contributed by atoms with Crippen LogP contribution in [0.25, 0.3) is 34.6 Å². The smallest absolute Gasteiger partial charge is 0.120 e. The second-order valence-electron chi connectivity index (χ2n) is 9.35. The van der Waals surface area contributed by atoms with Gasteiger partial charge < -0.3 is 4.74 Å². The summed E-state index contributed by atoms with van der Waals surface area (Å²) in [7, 11) is 0. The lowest BCUT2D eigenvalue weighted by molar-refractivity contribution is 0.374. The molecule has 0 aromatic heterocycles. The molecule has 0 heterocycles. The van der Waals surface area contributed by atoms with Crippen LogP contribution in [0.3, 0.4) is 0 Å². The molecule has 0 amide bonds. The summed E-state index contributed by atoms with van der Waals surface area (Å²) in [6.45, 7) is 9.87. The molecule has 0 spiro atoms. The number of nitroso groups, excluding NO2 is 3. The zero-order valence-electron chi connectivity index (χ0n) is 22.7. The van der Waals surface area contributed by atoms with Crippen LogP contribution in [0, 0.1) is 21.6 Å². The van der Waals surface area contributed by atoms with Crippen molar-refractivity contribution in [1.29, 1.82) is 0 Å². The van der Waals surface area contributed by atoms with Gasteiger partial charge >= 0.3 is 0 Å². The summed E-state index contributed by atoms with van der Waals surface area (Å²) < 4.78 is 6.05. The molecule has 7 nitrogen and oxygen atoms in total. The van der Waals surface area contributed by atoms with Crippen LogP contribution < -0.4 is 15.2 Å². The Hall–Kier alpha value is -5.04. The maximum atomic E-state index is 11.9. The first kappa shape index (κ1) is 28.0. The summed E-state index contributed by atoms with van der Waals surface area (Å²) in [4.78, 5) is 34.3. The fourth-order valence-electron chi connectivity index (χ4n) is 4.87. The maximum absolute atomic E-state index is 11.9. The van der Waals surface area contributed by atoms with E-state index in [0.717, 1.165) is 43.5 Å². The molecule has 200 valence electrons. The number of fused-ring (bicyclic) bond motifs is 1. The van der Waals surface area contributed by atoms with Gasteiger partial charge in [0.25, 0.3) is 0 Å². The first-order valence-electron chi connectivity index (χ1n) is 12.8. The quantitative estimate of drug-likeness (QED) is 0.117. The number of nitrogens with zero attached hydrogens (tertiary/aromatic N) is 3. The van der Waals surface area contributed by atoms with Gasteiger partial charge in [-0.2, -0.15) is 0 Å². The van der Waals surface area contributed by atoms with Crippen molar-refractivity contribution in [3.63, 3.8) is 0 Å². The zero-order valence-corrected chi connectivity index (χ0v) is 22.7. The number of rotatable bonds is 10. The molecule has 0 fully saturated rings. The van der Waals surface area contributed by atoms with E-state index >= 15 is 0 Å². The van der Waals surface area contributed by atoms with Crippen LogP contribution in [0.15, 0.2) is 88.8 Å². The van der Waals surface area contributed by atoms with Gasteiger partial charge in [0.2, 0.25) is 0 Å². The highest BCUT2D eigenvalue weighted by atomic mass is 16.5. The molecule has 0 saturated carbocycles. The Morgan fingerprint density at radius 1 is 0.900 bits per heavy atom. The van der Waals surface area contributed by atoms with E-state index in [2.05, 4.69) is 22.1 Å². The summed E-state index contributed by atoms with van der Waals surface area (Å²) in [6, 6.07) is 18.0. The molecule has 0 aliphatic rings. The molecule has 7 heteroatoms. The van der Waals surface area contributed by atoms with Gasteiger partial charge in [-0.1, -0.05) is 42.5 Å². The van der Waals surface area contributed by atoms with Gasteiger partial charge in [-0.05, 0) is 129 Å². The van der Waals surface area contributed by atoms with Gasteiger partial charge in [0.15, 0.2) is 0 Å². The van der Waals surface area contributed by atoms with E-state index < -0.39 is 0 Å². The van der Waals surface area contributed by atoms with Crippen molar-refractivity contribution in [3.05, 3.63) is 121 Å². The van der Waals surface area contributed by atoms with E-state index in [1.165, 1.54) is 0 Å². The number of benzene rings is 4. The van der Waals surface area contributed by atoms with E-state index in [9.17, 15) is 14.7 Å². The summed E-state index contributed by atoms with van der Waals surface area (Å²) in [5.41, 5.74) is 5.12. The predicted molar refractivity (Wildman–Crippen MR) is 165 cm³/mol. The van der Waals surface area contributed by atoms with Crippen molar-refractivity contribution in [2.45, 2.75) is 27.2 Å². The van der Waals surface area contributed by atoms with E-state index in [-0.39, 0.29) is 6.61 Å². The van der Waals surface area contributed by atoms with Crippen LogP contribution in [0.2, 0.25) is 0 Å². The summed E-state index contributed by atoms with van der Waals surface area (Å²) >= 11 is 0. The van der Waals surface area contributed by atoms with Crippen LogP contribution in [0.1, 0.15) is 36.1 Å². The molecule has 0 saturated heterocycles. The van der Waals surface area contributed by atoms with Crippen LogP contribution in [-0.4, -0.2) is 6.61 Å². The van der Waals surface area contributed by atoms with Gasteiger partial charge in [-0.3, -0.25) is 0 Å². The standard InChI is InChI=1S/C33H29N3O4/c1-5-7-29-30(21(3)8-14-31(29)35-38)18-22(4)33-28(23(6-2)11-15-32(33)36-39)16-17-40-27-13-10-24-9-12-26(34-37)19-25(24)20-27/h5-6,8-16,18-20H,1,7,17H2,2-4H3/b22-18+,23-6-,28-16+. The SMILES string of the molecule is C=CCc1c(N=O)ccc(C)c1/C=C(\C)c1c(N=O)ccc(=C/C)/c1=C\COc1ccc2ccc(N=O)cc2c1. The van der Waals surface area contributed by atoms with Crippen LogP contribution in [0.4, 0.5) is 17.1 Å². The van der Waals surface area contributed by atoms with E-state index in [0.29, 0.717) is 34.8 Å². The normalized spacial score (nSPS) is 12.4. The number of hydrogen-bond acceptors (Lipinski definition) is 7. The number of hydrogen-bond donors (Lipinski definition) is 0. The molecule has 40 heavy (non-hydrogen) atoms. The molecule has 4 aromatic carbocycles. The van der Waals surface area contributed by atoms with Crippen molar-refractivity contribution in [1.82, 2.24) is 0 Å². The molecule has 0 radical (unpaired) electrons. The molecule has 0 aliphatic heterocycles. The second kappa shape index (κ2) is 12.7. The number of aryl methyl sites for hydroxylation is 1. The molecule has 0 N–H and O–H groups in total.